The molecule has 3 N–H and O–H groups in total. The summed E-state index contributed by atoms with van der Waals surface area (Å²) in [6.45, 7) is 6.79. The van der Waals surface area contributed by atoms with E-state index in [1.54, 1.807) is 7.11 Å². The monoisotopic (exact) mass is 257 g/mol. The first-order valence-electron chi connectivity index (χ1n) is 6.79. The number of carbonyl (C=O) groups excluding carboxylic acids is 1. The minimum atomic E-state index is 0.0629. The van der Waals surface area contributed by atoms with Crippen molar-refractivity contribution in [2.75, 3.05) is 33.4 Å². The van der Waals surface area contributed by atoms with E-state index in [1.165, 1.54) is 6.42 Å². The Bertz CT molecular complexity index is 261. The molecule has 1 aliphatic heterocycles. The molecule has 0 aromatic rings. The predicted octanol–water partition coefficient (Wildman–Crippen LogP) is 0.197. The van der Waals surface area contributed by atoms with E-state index in [0.717, 1.165) is 13.0 Å². The second-order valence-corrected chi connectivity index (χ2v) is 5.38. The molecule has 0 radical (unpaired) electrons. The third-order valence-electron chi connectivity index (χ3n) is 3.61. The van der Waals surface area contributed by atoms with Crippen LogP contribution < -0.4 is 11.1 Å². The molecule has 0 bridgehead atoms. The highest BCUT2D eigenvalue weighted by Crippen LogP contribution is 2.20. The molecule has 106 valence electrons. The van der Waals surface area contributed by atoms with Crippen molar-refractivity contribution in [2.45, 2.75) is 38.8 Å². The fourth-order valence-electron chi connectivity index (χ4n) is 2.47. The van der Waals surface area contributed by atoms with Crippen molar-refractivity contribution >= 4 is 5.91 Å². The van der Waals surface area contributed by atoms with Gasteiger partial charge in [-0.05, 0) is 39.2 Å². The molecular weight excluding hydrogens is 230 g/mol. The average molecular weight is 257 g/mol. The summed E-state index contributed by atoms with van der Waals surface area (Å²) in [7, 11) is 1.64. The topological polar surface area (TPSA) is 67.6 Å². The largest absolute Gasteiger partial charge is 0.383 e. The lowest BCUT2D eigenvalue weighted by molar-refractivity contribution is -0.124. The number of amides is 1. The second kappa shape index (κ2) is 7.71. The Hall–Kier alpha value is -0.650. The van der Waals surface area contributed by atoms with Gasteiger partial charge in [0.1, 0.15) is 0 Å². The molecule has 1 aliphatic rings. The molecule has 5 heteroatoms. The van der Waals surface area contributed by atoms with Gasteiger partial charge in [0, 0.05) is 25.7 Å². The number of hydrogen-bond acceptors (Lipinski definition) is 4. The number of nitrogens with two attached hydrogens (primary N) is 1. The van der Waals surface area contributed by atoms with Gasteiger partial charge >= 0.3 is 0 Å². The first kappa shape index (κ1) is 15.4. The smallest absolute Gasteiger partial charge is 0.234 e. The Morgan fingerprint density at radius 1 is 1.56 bits per heavy atom. The molecule has 0 spiro atoms. The summed E-state index contributed by atoms with van der Waals surface area (Å²) in [5, 5.41) is 2.94. The maximum atomic E-state index is 11.9. The summed E-state index contributed by atoms with van der Waals surface area (Å²) >= 11 is 0. The van der Waals surface area contributed by atoms with Crippen LogP contribution in [0.5, 0.6) is 0 Å². The molecule has 0 aromatic heterocycles. The van der Waals surface area contributed by atoms with Gasteiger partial charge < -0.3 is 15.8 Å². The van der Waals surface area contributed by atoms with E-state index in [9.17, 15) is 4.79 Å². The van der Waals surface area contributed by atoms with Crippen molar-refractivity contribution in [3.8, 4) is 0 Å². The molecule has 3 atom stereocenters. The summed E-state index contributed by atoms with van der Waals surface area (Å²) in [5.74, 6) is 0.606. The highest BCUT2D eigenvalue weighted by molar-refractivity contribution is 5.78. The molecule has 5 nitrogen and oxygen atoms in total. The van der Waals surface area contributed by atoms with Crippen molar-refractivity contribution in [1.82, 2.24) is 10.2 Å². The van der Waals surface area contributed by atoms with Crippen LogP contribution in [0.15, 0.2) is 0 Å². The Morgan fingerprint density at radius 2 is 2.28 bits per heavy atom. The highest BCUT2D eigenvalue weighted by Gasteiger charge is 2.26. The lowest BCUT2D eigenvalue weighted by Gasteiger charge is -2.37. The maximum absolute atomic E-state index is 11.9. The van der Waals surface area contributed by atoms with Crippen LogP contribution in [0, 0.1) is 5.92 Å². The van der Waals surface area contributed by atoms with Gasteiger partial charge in [-0.1, -0.05) is 0 Å². The van der Waals surface area contributed by atoms with Crippen molar-refractivity contribution < 1.29 is 9.53 Å². The molecule has 0 aliphatic carbocycles. The Morgan fingerprint density at radius 3 is 2.89 bits per heavy atom. The van der Waals surface area contributed by atoms with E-state index >= 15 is 0 Å². The molecule has 1 rings (SSSR count). The minimum absolute atomic E-state index is 0.0629. The van der Waals surface area contributed by atoms with E-state index in [-0.39, 0.29) is 11.9 Å². The lowest BCUT2D eigenvalue weighted by atomic mass is 9.93. The fourth-order valence-corrected chi connectivity index (χ4v) is 2.47. The number of hydrogen-bond donors (Lipinski definition) is 2. The van der Waals surface area contributed by atoms with Crippen molar-refractivity contribution in [3.05, 3.63) is 0 Å². The zero-order valence-corrected chi connectivity index (χ0v) is 11.8. The third kappa shape index (κ3) is 4.92. The molecule has 18 heavy (non-hydrogen) atoms. The normalized spacial score (nSPS) is 26.9. The van der Waals surface area contributed by atoms with E-state index in [0.29, 0.717) is 31.7 Å². The van der Waals surface area contributed by atoms with Gasteiger partial charge in [0.05, 0.1) is 13.2 Å². The molecule has 1 heterocycles. The van der Waals surface area contributed by atoms with Gasteiger partial charge in [0.15, 0.2) is 0 Å². The minimum Gasteiger partial charge on any atom is -0.383 e. The molecule has 0 aromatic carbocycles. The zero-order chi connectivity index (χ0) is 13.5. The van der Waals surface area contributed by atoms with Gasteiger partial charge in [0.2, 0.25) is 5.91 Å². The first-order chi connectivity index (χ1) is 8.56. The van der Waals surface area contributed by atoms with E-state index < -0.39 is 0 Å². The van der Waals surface area contributed by atoms with Crippen LogP contribution in [0.4, 0.5) is 0 Å². The molecule has 1 saturated heterocycles. The zero-order valence-electron chi connectivity index (χ0n) is 11.8. The van der Waals surface area contributed by atoms with Gasteiger partial charge in [-0.3, -0.25) is 9.69 Å². The van der Waals surface area contributed by atoms with Crippen LogP contribution in [0.1, 0.15) is 26.7 Å². The predicted molar refractivity (Wildman–Crippen MR) is 72.3 cm³/mol. The standard InChI is InChI=1S/C13H27N3O2/c1-10(9-18-3)15-13(17)8-16-7-12(6-14)5-4-11(16)2/h10-12H,4-9,14H2,1-3H3,(H,15,17). The van der Waals surface area contributed by atoms with Crippen LogP contribution in [0.3, 0.4) is 0 Å². The van der Waals surface area contributed by atoms with E-state index in [4.69, 9.17) is 10.5 Å². The molecule has 1 fully saturated rings. The summed E-state index contributed by atoms with van der Waals surface area (Å²) in [6, 6.07) is 0.532. The maximum Gasteiger partial charge on any atom is 0.234 e. The van der Waals surface area contributed by atoms with Crippen LogP contribution in [-0.4, -0.2) is 56.2 Å². The third-order valence-corrected chi connectivity index (χ3v) is 3.61. The number of nitrogens with one attached hydrogen (secondary N) is 1. The fraction of sp³-hybridized carbons (Fsp3) is 0.923. The molecule has 0 saturated carbocycles. The number of nitrogens with zero attached hydrogens (tertiary/aromatic N) is 1. The lowest BCUT2D eigenvalue weighted by Crippen LogP contribution is -2.49. The Balaban J connectivity index is 2.37. The average Bonchev–Trinajstić information content (AvgIpc) is 2.32. The van der Waals surface area contributed by atoms with Crippen molar-refractivity contribution in [2.24, 2.45) is 11.7 Å². The molecule has 3 unspecified atom stereocenters. The van der Waals surface area contributed by atoms with E-state index in [2.05, 4.69) is 17.1 Å². The number of methoxy groups -OCH3 is 1. The quantitative estimate of drug-likeness (QED) is 0.713. The number of piperidine rings is 1. The summed E-state index contributed by atoms with van der Waals surface area (Å²) in [4.78, 5) is 14.1. The SMILES string of the molecule is COCC(C)NC(=O)CN1CC(CN)CCC1C. The summed E-state index contributed by atoms with van der Waals surface area (Å²) in [5.41, 5.74) is 5.72. The van der Waals surface area contributed by atoms with Gasteiger partial charge in [-0.25, -0.2) is 0 Å². The van der Waals surface area contributed by atoms with Gasteiger partial charge in [-0.15, -0.1) is 0 Å². The van der Waals surface area contributed by atoms with Crippen LogP contribution in [-0.2, 0) is 9.53 Å². The Labute approximate surface area is 110 Å². The van der Waals surface area contributed by atoms with Crippen LogP contribution in [0.2, 0.25) is 0 Å². The van der Waals surface area contributed by atoms with Crippen LogP contribution in [0.25, 0.3) is 0 Å². The number of likely N-dealkylation sites (tertiary alicyclic amines) is 1. The molecular formula is C13H27N3O2. The number of ether oxygens (including phenoxy) is 1. The summed E-state index contributed by atoms with van der Waals surface area (Å²) < 4.78 is 5.01. The van der Waals surface area contributed by atoms with Crippen molar-refractivity contribution in [3.63, 3.8) is 0 Å². The van der Waals surface area contributed by atoms with Gasteiger partial charge in [-0.2, -0.15) is 0 Å². The number of carbonyl (C=O) groups is 1. The highest BCUT2D eigenvalue weighted by atomic mass is 16.5. The molecule has 1 amide bonds. The van der Waals surface area contributed by atoms with Crippen molar-refractivity contribution in [1.29, 1.82) is 0 Å². The Kier molecular flexibility index (Phi) is 6.60. The van der Waals surface area contributed by atoms with Crippen LogP contribution >= 0.6 is 0 Å². The van der Waals surface area contributed by atoms with Gasteiger partial charge in [0.25, 0.3) is 0 Å². The first-order valence-corrected chi connectivity index (χ1v) is 6.79. The number of rotatable bonds is 6. The summed E-state index contributed by atoms with van der Waals surface area (Å²) in [6.07, 6.45) is 2.30. The van der Waals surface area contributed by atoms with E-state index in [1.807, 2.05) is 6.92 Å². The second-order valence-electron chi connectivity index (χ2n) is 5.38.